The standard InChI is InChI=1S/C36H42F3N5O5/c1-35(2,3)49-34(47)43-30-7-5-4-6-29(30)42-32(45)17-10-25-8-11-26(12-9-25)31(40-18-19-44-20-22-48-23-21-44)24-33(46)41-28-15-13-27(14-16-28)36(37,38)39/h4-17,31,40H,18-24H2,1-3H3,(H,41,46)(H,42,45)(H,43,47)/b17-10+. The zero-order chi connectivity index (χ0) is 35.4. The van der Waals surface area contributed by atoms with Gasteiger partial charge in [-0.05, 0) is 74.4 Å². The molecule has 13 heteroatoms. The van der Waals surface area contributed by atoms with Crippen molar-refractivity contribution in [1.82, 2.24) is 10.2 Å². The highest BCUT2D eigenvalue weighted by molar-refractivity contribution is 6.05. The van der Waals surface area contributed by atoms with Crippen LogP contribution in [-0.2, 0) is 25.2 Å². The van der Waals surface area contributed by atoms with Gasteiger partial charge in [-0.3, -0.25) is 19.8 Å². The summed E-state index contributed by atoms with van der Waals surface area (Å²) in [4.78, 5) is 40.2. The molecule has 0 aliphatic carbocycles. The Bertz CT molecular complexity index is 1580. The number of anilines is 3. The second-order valence-corrected chi connectivity index (χ2v) is 12.4. The molecular formula is C36H42F3N5O5. The van der Waals surface area contributed by atoms with Gasteiger partial charge in [0.2, 0.25) is 11.8 Å². The Morgan fingerprint density at radius 3 is 2.12 bits per heavy atom. The van der Waals surface area contributed by atoms with Crippen molar-refractivity contribution in [3.63, 3.8) is 0 Å². The largest absolute Gasteiger partial charge is 0.444 e. The Labute approximate surface area is 284 Å². The van der Waals surface area contributed by atoms with Crippen LogP contribution in [0.5, 0.6) is 0 Å². The van der Waals surface area contributed by atoms with Crippen molar-refractivity contribution in [1.29, 1.82) is 0 Å². The molecule has 0 spiro atoms. The van der Waals surface area contributed by atoms with Gasteiger partial charge in [0.1, 0.15) is 5.60 Å². The number of morpholine rings is 1. The van der Waals surface area contributed by atoms with Gasteiger partial charge in [0.15, 0.2) is 0 Å². The van der Waals surface area contributed by atoms with Gasteiger partial charge in [-0.25, -0.2) is 4.79 Å². The number of halogens is 3. The summed E-state index contributed by atoms with van der Waals surface area (Å²) in [6, 6.07) is 18.1. The number of nitrogens with zero attached hydrogens (tertiary/aromatic N) is 1. The molecule has 1 heterocycles. The van der Waals surface area contributed by atoms with E-state index < -0.39 is 29.3 Å². The average molecular weight is 682 g/mol. The van der Waals surface area contributed by atoms with Crippen LogP contribution in [0.3, 0.4) is 0 Å². The van der Waals surface area contributed by atoms with E-state index in [1.54, 1.807) is 51.1 Å². The van der Waals surface area contributed by atoms with E-state index in [9.17, 15) is 27.6 Å². The molecule has 1 aliphatic heterocycles. The van der Waals surface area contributed by atoms with Crippen molar-refractivity contribution < 1.29 is 37.0 Å². The fourth-order valence-corrected chi connectivity index (χ4v) is 4.97. The normalized spacial score (nSPS) is 14.7. The predicted octanol–water partition coefficient (Wildman–Crippen LogP) is 6.70. The van der Waals surface area contributed by atoms with Crippen LogP contribution in [0, 0.1) is 0 Å². The lowest BCUT2D eigenvalue weighted by Gasteiger charge is -2.28. The van der Waals surface area contributed by atoms with Crippen molar-refractivity contribution in [2.75, 3.05) is 55.3 Å². The summed E-state index contributed by atoms with van der Waals surface area (Å²) >= 11 is 0. The molecule has 0 bridgehead atoms. The van der Waals surface area contributed by atoms with Crippen LogP contribution in [-0.4, -0.2) is 67.8 Å². The number of para-hydroxylation sites is 2. The fourth-order valence-electron chi connectivity index (χ4n) is 4.97. The summed E-state index contributed by atoms with van der Waals surface area (Å²) in [6.07, 6.45) is -2.06. The minimum Gasteiger partial charge on any atom is -0.444 e. The smallest absolute Gasteiger partial charge is 0.416 e. The summed E-state index contributed by atoms with van der Waals surface area (Å²) < 4.78 is 49.6. The van der Waals surface area contributed by atoms with E-state index in [1.807, 2.05) is 24.3 Å². The lowest BCUT2D eigenvalue weighted by Crippen LogP contribution is -2.41. The number of hydrogen-bond donors (Lipinski definition) is 4. The van der Waals surface area contributed by atoms with Gasteiger partial charge in [-0.2, -0.15) is 13.2 Å². The van der Waals surface area contributed by atoms with E-state index in [-0.39, 0.29) is 24.1 Å². The molecule has 4 rings (SSSR count). The molecule has 49 heavy (non-hydrogen) atoms. The molecule has 1 aliphatic rings. The first kappa shape index (κ1) is 37.1. The fraction of sp³-hybridized carbons (Fsp3) is 0.361. The van der Waals surface area contributed by atoms with Crippen LogP contribution in [0.4, 0.5) is 35.0 Å². The Morgan fingerprint density at radius 2 is 1.51 bits per heavy atom. The Kier molecular flexibility index (Phi) is 12.9. The second-order valence-electron chi connectivity index (χ2n) is 12.4. The van der Waals surface area contributed by atoms with Gasteiger partial charge >= 0.3 is 12.3 Å². The third-order valence-corrected chi connectivity index (χ3v) is 7.39. The maximum absolute atomic E-state index is 13.0. The molecular weight excluding hydrogens is 639 g/mol. The Balaban J connectivity index is 1.39. The Hall–Kier alpha value is -4.72. The van der Waals surface area contributed by atoms with Gasteiger partial charge in [0.25, 0.3) is 0 Å². The van der Waals surface area contributed by atoms with E-state index in [1.165, 1.54) is 18.2 Å². The predicted molar refractivity (Wildman–Crippen MR) is 183 cm³/mol. The maximum Gasteiger partial charge on any atom is 0.416 e. The first-order valence-electron chi connectivity index (χ1n) is 15.9. The molecule has 3 aromatic carbocycles. The van der Waals surface area contributed by atoms with Crippen molar-refractivity contribution in [3.8, 4) is 0 Å². The maximum atomic E-state index is 13.0. The highest BCUT2D eigenvalue weighted by atomic mass is 19.4. The molecule has 4 N–H and O–H groups in total. The number of alkyl halides is 3. The van der Waals surface area contributed by atoms with Crippen LogP contribution in [0.2, 0.25) is 0 Å². The van der Waals surface area contributed by atoms with Crippen LogP contribution < -0.4 is 21.3 Å². The topological polar surface area (TPSA) is 121 Å². The van der Waals surface area contributed by atoms with Crippen LogP contribution >= 0.6 is 0 Å². The molecule has 0 aromatic heterocycles. The van der Waals surface area contributed by atoms with Crippen molar-refractivity contribution in [2.24, 2.45) is 0 Å². The van der Waals surface area contributed by atoms with Crippen molar-refractivity contribution in [2.45, 2.75) is 45.0 Å². The van der Waals surface area contributed by atoms with Gasteiger partial charge in [-0.15, -0.1) is 0 Å². The molecule has 10 nitrogen and oxygen atoms in total. The zero-order valence-electron chi connectivity index (χ0n) is 27.7. The molecule has 3 aromatic rings. The number of rotatable bonds is 12. The highest BCUT2D eigenvalue weighted by Gasteiger charge is 2.30. The van der Waals surface area contributed by atoms with Crippen LogP contribution in [0.25, 0.3) is 6.08 Å². The number of nitrogens with one attached hydrogen (secondary N) is 4. The molecule has 262 valence electrons. The van der Waals surface area contributed by atoms with E-state index in [2.05, 4.69) is 26.2 Å². The molecule has 0 saturated carbocycles. The van der Waals surface area contributed by atoms with E-state index in [4.69, 9.17) is 9.47 Å². The number of hydrogen-bond acceptors (Lipinski definition) is 7. The second kappa shape index (κ2) is 17.1. The monoisotopic (exact) mass is 681 g/mol. The third kappa shape index (κ3) is 12.7. The number of ether oxygens (including phenoxy) is 2. The van der Waals surface area contributed by atoms with Gasteiger partial charge in [0.05, 0.1) is 30.2 Å². The first-order chi connectivity index (χ1) is 23.2. The molecule has 3 amide bonds. The molecule has 1 unspecified atom stereocenters. The van der Waals surface area contributed by atoms with Crippen LogP contribution in [0.15, 0.2) is 78.9 Å². The molecule has 1 atom stereocenters. The van der Waals surface area contributed by atoms with E-state index in [0.29, 0.717) is 31.1 Å². The Morgan fingerprint density at radius 1 is 0.878 bits per heavy atom. The zero-order valence-corrected chi connectivity index (χ0v) is 27.7. The average Bonchev–Trinajstić information content (AvgIpc) is 3.04. The van der Waals surface area contributed by atoms with E-state index in [0.717, 1.165) is 42.9 Å². The molecule has 1 saturated heterocycles. The van der Waals surface area contributed by atoms with E-state index >= 15 is 0 Å². The quantitative estimate of drug-likeness (QED) is 0.157. The summed E-state index contributed by atoms with van der Waals surface area (Å²) in [7, 11) is 0. The SMILES string of the molecule is CC(C)(C)OC(=O)Nc1ccccc1NC(=O)/C=C/c1ccc(C(CC(=O)Nc2ccc(C(F)(F)F)cc2)NCCN2CCOCC2)cc1. The third-order valence-electron chi connectivity index (χ3n) is 7.39. The summed E-state index contributed by atoms with van der Waals surface area (Å²) in [5.41, 5.74) is 1.15. The van der Waals surface area contributed by atoms with Crippen molar-refractivity contribution in [3.05, 3.63) is 95.6 Å². The minimum atomic E-state index is -4.46. The molecule has 0 radical (unpaired) electrons. The number of carbonyl (C=O) groups excluding carboxylic acids is 3. The summed E-state index contributed by atoms with van der Waals surface area (Å²) in [5.74, 6) is -0.768. The molecule has 1 fully saturated rings. The number of amides is 3. The van der Waals surface area contributed by atoms with Crippen molar-refractivity contribution >= 4 is 41.0 Å². The lowest BCUT2D eigenvalue weighted by atomic mass is 10.0. The lowest BCUT2D eigenvalue weighted by molar-refractivity contribution is -0.137. The number of carbonyl (C=O) groups is 3. The highest BCUT2D eigenvalue weighted by Crippen LogP contribution is 2.30. The summed E-state index contributed by atoms with van der Waals surface area (Å²) in [6.45, 7) is 9.60. The van der Waals surface area contributed by atoms with Gasteiger partial charge in [-0.1, -0.05) is 36.4 Å². The minimum absolute atomic E-state index is 0.0401. The number of benzene rings is 3. The van der Waals surface area contributed by atoms with Gasteiger partial charge in [0, 0.05) is 50.4 Å². The van der Waals surface area contributed by atoms with Gasteiger partial charge < -0.3 is 25.4 Å². The summed E-state index contributed by atoms with van der Waals surface area (Å²) in [5, 5.41) is 11.5. The first-order valence-corrected chi connectivity index (χ1v) is 15.9. The van der Waals surface area contributed by atoms with Crippen LogP contribution in [0.1, 0.15) is 49.9 Å².